The second-order valence-corrected chi connectivity index (χ2v) is 5.79. The first-order valence-electron chi connectivity index (χ1n) is 7.96. The minimum atomic E-state index is -4.43. The number of alkyl halides is 3. The lowest BCUT2D eigenvalue weighted by Crippen LogP contribution is -2.15. The summed E-state index contributed by atoms with van der Waals surface area (Å²) < 4.78 is 37.8. The lowest BCUT2D eigenvalue weighted by atomic mass is 10.2. The van der Waals surface area contributed by atoms with Crippen molar-refractivity contribution in [2.24, 2.45) is 0 Å². The molecule has 0 saturated carbocycles. The molecule has 1 amide bonds. The third-order valence-corrected chi connectivity index (χ3v) is 3.63. The molecule has 0 bridgehead atoms. The van der Waals surface area contributed by atoms with Gasteiger partial charge in [0.05, 0.1) is 5.56 Å². The number of hydrogen-bond acceptors (Lipinski definition) is 4. The maximum Gasteiger partial charge on any atom is 0.416 e. The van der Waals surface area contributed by atoms with Gasteiger partial charge in [-0.1, -0.05) is 12.1 Å². The number of anilines is 3. The van der Waals surface area contributed by atoms with E-state index in [2.05, 4.69) is 20.6 Å². The van der Waals surface area contributed by atoms with Gasteiger partial charge >= 0.3 is 6.18 Å². The fourth-order valence-corrected chi connectivity index (χ4v) is 2.33. The van der Waals surface area contributed by atoms with Crippen LogP contribution in [0.15, 0.2) is 60.8 Å². The quantitative estimate of drug-likeness (QED) is 0.690. The van der Waals surface area contributed by atoms with Crippen LogP contribution in [0.3, 0.4) is 0 Å². The van der Waals surface area contributed by atoms with Crippen LogP contribution in [-0.4, -0.2) is 15.9 Å². The number of rotatable bonds is 4. The summed E-state index contributed by atoms with van der Waals surface area (Å²) in [5.74, 6) is -0.315. The molecule has 0 atom stereocenters. The van der Waals surface area contributed by atoms with Crippen LogP contribution in [0.25, 0.3) is 0 Å². The first-order chi connectivity index (χ1) is 12.8. The Bertz CT molecular complexity index is 956. The largest absolute Gasteiger partial charge is 0.416 e. The minimum absolute atomic E-state index is 0.0834. The Morgan fingerprint density at radius 2 is 1.74 bits per heavy atom. The molecule has 0 saturated heterocycles. The molecule has 0 aliphatic carbocycles. The van der Waals surface area contributed by atoms with Crippen LogP contribution in [0, 0.1) is 6.92 Å². The van der Waals surface area contributed by atoms with Crippen molar-refractivity contribution in [1.29, 1.82) is 0 Å². The molecule has 27 heavy (non-hydrogen) atoms. The van der Waals surface area contributed by atoms with Gasteiger partial charge in [-0.3, -0.25) is 4.79 Å². The van der Waals surface area contributed by atoms with Gasteiger partial charge in [0.25, 0.3) is 5.91 Å². The van der Waals surface area contributed by atoms with Crippen LogP contribution in [0.1, 0.15) is 21.6 Å². The summed E-state index contributed by atoms with van der Waals surface area (Å²) in [6, 6.07) is 13.2. The number of nitrogens with zero attached hydrogens (tertiary/aromatic N) is 2. The van der Waals surface area contributed by atoms with E-state index in [4.69, 9.17) is 0 Å². The Morgan fingerprint density at radius 3 is 2.41 bits per heavy atom. The first kappa shape index (κ1) is 18.4. The average molecular weight is 372 g/mol. The summed E-state index contributed by atoms with van der Waals surface area (Å²) in [7, 11) is 0. The highest BCUT2D eigenvalue weighted by Crippen LogP contribution is 2.29. The Kier molecular flexibility index (Phi) is 5.07. The molecule has 0 aliphatic rings. The zero-order valence-electron chi connectivity index (χ0n) is 14.2. The molecule has 3 aromatic rings. The molecule has 0 spiro atoms. The van der Waals surface area contributed by atoms with Gasteiger partial charge in [0.1, 0.15) is 5.69 Å². The number of halogens is 3. The highest BCUT2D eigenvalue weighted by atomic mass is 19.4. The van der Waals surface area contributed by atoms with Crippen LogP contribution in [-0.2, 0) is 6.18 Å². The number of aromatic nitrogens is 2. The Morgan fingerprint density at radius 1 is 1.00 bits per heavy atom. The molecule has 1 heterocycles. The number of benzene rings is 2. The third kappa shape index (κ3) is 4.81. The molecule has 0 aliphatic heterocycles. The molecule has 3 rings (SSSR count). The normalized spacial score (nSPS) is 11.1. The number of carbonyl (C=O) groups is 1. The standard InChI is InChI=1S/C19H15F3N4O/c1-12-3-2-4-15(11-12)25-18-23-10-9-16(26-18)17(27)24-14-7-5-13(6-8-14)19(20,21)22/h2-11H,1H3,(H,24,27)(H,23,25,26). The van der Waals surface area contributed by atoms with Crippen molar-refractivity contribution in [3.8, 4) is 0 Å². The lowest BCUT2D eigenvalue weighted by molar-refractivity contribution is -0.137. The van der Waals surface area contributed by atoms with Gasteiger partial charge in [0.15, 0.2) is 0 Å². The van der Waals surface area contributed by atoms with Gasteiger partial charge in [-0.05, 0) is 55.0 Å². The number of amides is 1. The van der Waals surface area contributed by atoms with Crippen molar-refractivity contribution in [2.75, 3.05) is 10.6 Å². The fraction of sp³-hybridized carbons (Fsp3) is 0.105. The van der Waals surface area contributed by atoms with E-state index in [1.165, 1.54) is 24.4 Å². The summed E-state index contributed by atoms with van der Waals surface area (Å²) in [6.45, 7) is 1.94. The van der Waals surface area contributed by atoms with Crippen molar-refractivity contribution in [2.45, 2.75) is 13.1 Å². The Balaban J connectivity index is 1.72. The van der Waals surface area contributed by atoms with Gasteiger partial charge in [0, 0.05) is 17.6 Å². The molecule has 0 fully saturated rings. The van der Waals surface area contributed by atoms with Crippen molar-refractivity contribution < 1.29 is 18.0 Å². The second-order valence-electron chi connectivity index (χ2n) is 5.79. The third-order valence-electron chi connectivity index (χ3n) is 3.63. The van der Waals surface area contributed by atoms with Gasteiger partial charge in [-0.2, -0.15) is 13.2 Å². The number of nitrogens with one attached hydrogen (secondary N) is 2. The maximum atomic E-state index is 12.6. The summed E-state index contributed by atoms with van der Waals surface area (Å²) in [4.78, 5) is 20.5. The molecule has 5 nitrogen and oxygen atoms in total. The van der Waals surface area contributed by atoms with Crippen LogP contribution in [0.4, 0.5) is 30.5 Å². The van der Waals surface area contributed by atoms with Crippen LogP contribution in [0.5, 0.6) is 0 Å². The van der Waals surface area contributed by atoms with E-state index < -0.39 is 17.6 Å². The molecule has 0 radical (unpaired) electrons. The summed E-state index contributed by atoms with van der Waals surface area (Å²) >= 11 is 0. The van der Waals surface area contributed by atoms with E-state index in [1.807, 2.05) is 31.2 Å². The monoisotopic (exact) mass is 372 g/mol. The molecule has 1 aromatic heterocycles. The zero-order chi connectivity index (χ0) is 19.4. The van der Waals surface area contributed by atoms with Crippen LogP contribution >= 0.6 is 0 Å². The van der Waals surface area contributed by atoms with E-state index in [0.717, 1.165) is 23.4 Å². The topological polar surface area (TPSA) is 66.9 Å². The highest BCUT2D eigenvalue weighted by molar-refractivity contribution is 6.03. The van der Waals surface area contributed by atoms with Crippen molar-refractivity contribution in [3.63, 3.8) is 0 Å². The molecular formula is C19H15F3N4O. The smallest absolute Gasteiger partial charge is 0.324 e. The second kappa shape index (κ2) is 7.45. The molecule has 0 unspecified atom stereocenters. The molecule has 2 N–H and O–H groups in total. The van der Waals surface area contributed by atoms with Gasteiger partial charge < -0.3 is 10.6 Å². The van der Waals surface area contributed by atoms with Gasteiger partial charge in [0.2, 0.25) is 5.95 Å². The van der Waals surface area contributed by atoms with E-state index in [1.54, 1.807) is 0 Å². The van der Waals surface area contributed by atoms with Crippen molar-refractivity contribution >= 4 is 23.2 Å². The minimum Gasteiger partial charge on any atom is -0.324 e. The average Bonchev–Trinajstić information content (AvgIpc) is 2.62. The predicted octanol–water partition coefficient (Wildman–Crippen LogP) is 4.80. The maximum absolute atomic E-state index is 12.6. The van der Waals surface area contributed by atoms with Crippen molar-refractivity contribution in [3.05, 3.63) is 77.6 Å². The SMILES string of the molecule is Cc1cccc(Nc2nccc(C(=O)Nc3ccc(C(F)(F)F)cc3)n2)c1. The fourth-order valence-electron chi connectivity index (χ4n) is 2.33. The Labute approximate surface area is 153 Å². The molecule has 138 valence electrons. The molecular weight excluding hydrogens is 357 g/mol. The Hall–Kier alpha value is -3.42. The van der Waals surface area contributed by atoms with Crippen LogP contribution < -0.4 is 10.6 Å². The number of hydrogen-bond donors (Lipinski definition) is 2. The van der Waals surface area contributed by atoms with E-state index in [-0.39, 0.29) is 17.3 Å². The van der Waals surface area contributed by atoms with Gasteiger partial charge in [-0.25, -0.2) is 9.97 Å². The number of carbonyl (C=O) groups excluding carboxylic acids is 1. The lowest BCUT2D eigenvalue weighted by Gasteiger charge is -2.09. The highest BCUT2D eigenvalue weighted by Gasteiger charge is 2.30. The predicted molar refractivity (Wildman–Crippen MR) is 95.9 cm³/mol. The van der Waals surface area contributed by atoms with Crippen LogP contribution in [0.2, 0.25) is 0 Å². The van der Waals surface area contributed by atoms with Gasteiger partial charge in [-0.15, -0.1) is 0 Å². The summed E-state index contributed by atoms with van der Waals surface area (Å²) in [5, 5.41) is 5.51. The van der Waals surface area contributed by atoms with Crippen molar-refractivity contribution in [1.82, 2.24) is 9.97 Å². The number of aryl methyl sites for hydroxylation is 1. The summed E-state index contributed by atoms with van der Waals surface area (Å²) in [5.41, 5.74) is 1.36. The molecule has 8 heteroatoms. The van der Waals surface area contributed by atoms with E-state index >= 15 is 0 Å². The van der Waals surface area contributed by atoms with E-state index in [9.17, 15) is 18.0 Å². The zero-order valence-corrected chi connectivity index (χ0v) is 14.2. The van der Waals surface area contributed by atoms with E-state index in [0.29, 0.717) is 0 Å². The molecule has 2 aromatic carbocycles. The first-order valence-corrected chi connectivity index (χ1v) is 7.96. The summed E-state index contributed by atoms with van der Waals surface area (Å²) in [6.07, 6.45) is -3.00.